The van der Waals surface area contributed by atoms with Gasteiger partial charge in [-0.3, -0.25) is 5.32 Å². The second-order valence-corrected chi connectivity index (χ2v) is 11.1. The Labute approximate surface area is 234 Å². The van der Waals surface area contributed by atoms with E-state index < -0.39 is 11.6 Å². The maximum atomic E-state index is 12.3. The molecule has 1 aromatic carbocycles. The lowest BCUT2D eigenvalue weighted by atomic mass is 10.1. The number of aliphatic hydroxyl groups excluding tert-OH is 1. The minimum Gasteiger partial charge on any atom is -0.444 e. The van der Waals surface area contributed by atoms with Crippen LogP contribution in [0.15, 0.2) is 42.6 Å². The molecule has 12 heteroatoms. The standard InChI is InChI=1S/C28H38N8O4/c1-18(2)22(17-37)31-26(38)33-23-11-6-19-16-29-25(34-24(19)32-23)30-20-7-9-21(10-8-20)35-12-14-36(15-13-35)27(39)40-28(3,4)5/h6-11,16,18,22,37H,12-15,17H2,1-5H3,(H3,29,30,31,32,33,34,38)/t22-/m0/s1. The van der Waals surface area contributed by atoms with Crippen molar-refractivity contribution in [1.29, 1.82) is 0 Å². The number of nitrogens with zero attached hydrogens (tertiary/aromatic N) is 5. The Balaban J connectivity index is 1.35. The number of fused-ring (bicyclic) bond motifs is 1. The van der Waals surface area contributed by atoms with Gasteiger partial charge < -0.3 is 30.3 Å². The number of ether oxygens (including phenoxy) is 1. The first kappa shape index (κ1) is 28.8. The normalized spacial score (nSPS) is 14.7. The number of aromatic nitrogens is 3. The van der Waals surface area contributed by atoms with E-state index in [-0.39, 0.29) is 24.7 Å². The summed E-state index contributed by atoms with van der Waals surface area (Å²) in [7, 11) is 0. The van der Waals surface area contributed by atoms with Gasteiger partial charge in [-0.2, -0.15) is 4.98 Å². The highest BCUT2D eigenvalue weighted by Gasteiger charge is 2.26. The van der Waals surface area contributed by atoms with Crippen LogP contribution in [0.1, 0.15) is 34.6 Å². The van der Waals surface area contributed by atoms with Gasteiger partial charge in [0, 0.05) is 49.1 Å². The van der Waals surface area contributed by atoms with Crippen LogP contribution in [-0.2, 0) is 4.74 Å². The number of amides is 3. The molecular weight excluding hydrogens is 512 g/mol. The molecule has 12 nitrogen and oxygen atoms in total. The zero-order chi connectivity index (χ0) is 28.9. The van der Waals surface area contributed by atoms with Crippen LogP contribution in [0.25, 0.3) is 11.0 Å². The van der Waals surface area contributed by atoms with E-state index in [4.69, 9.17) is 4.74 Å². The molecule has 4 rings (SSSR count). The van der Waals surface area contributed by atoms with Crippen molar-refractivity contribution in [2.75, 3.05) is 48.3 Å². The fraction of sp³-hybridized carbons (Fsp3) is 0.464. The largest absolute Gasteiger partial charge is 0.444 e. The predicted molar refractivity (Wildman–Crippen MR) is 155 cm³/mol. The van der Waals surface area contributed by atoms with E-state index >= 15 is 0 Å². The molecule has 1 aliphatic rings. The Bertz CT molecular complexity index is 1320. The number of carbonyl (C=O) groups excluding carboxylic acids is 2. The van der Waals surface area contributed by atoms with E-state index in [2.05, 4.69) is 35.8 Å². The number of urea groups is 1. The number of hydrogen-bond acceptors (Lipinski definition) is 9. The molecule has 3 heterocycles. The van der Waals surface area contributed by atoms with Gasteiger partial charge in [-0.25, -0.2) is 19.6 Å². The molecule has 0 saturated carbocycles. The molecule has 0 bridgehead atoms. The monoisotopic (exact) mass is 550 g/mol. The second-order valence-electron chi connectivity index (χ2n) is 11.1. The number of hydrogen-bond donors (Lipinski definition) is 4. The molecular formula is C28H38N8O4. The van der Waals surface area contributed by atoms with Crippen LogP contribution in [0.3, 0.4) is 0 Å². The Morgan fingerprint density at radius 2 is 1.73 bits per heavy atom. The Morgan fingerprint density at radius 1 is 1.02 bits per heavy atom. The van der Waals surface area contributed by atoms with Crippen LogP contribution < -0.4 is 20.9 Å². The van der Waals surface area contributed by atoms with Crippen LogP contribution in [0.5, 0.6) is 0 Å². The summed E-state index contributed by atoms with van der Waals surface area (Å²) < 4.78 is 5.48. The third-order valence-corrected chi connectivity index (χ3v) is 6.42. The summed E-state index contributed by atoms with van der Waals surface area (Å²) in [5, 5.41) is 18.8. The van der Waals surface area contributed by atoms with Crippen molar-refractivity contribution < 1.29 is 19.4 Å². The van der Waals surface area contributed by atoms with Crippen molar-refractivity contribution >= 4 is 46.3 Å². The molecule has 4 N–H and O–H groups in total. The van der Waals surface area contributed by atoms with Gasteiger partial charge in [-0.15, -0.1) is 0 Å². The number of rotatable bonds is 7. The average Bonchev–Trinajstić information content (AvgIpc) is 2.91. The number of piperazine rings is 1. The van der Waals surface area contributed by atoms with Crippen molar-refractivity contribution in [2.45, 2.75) is 46.3 Å². The third-order valence-electron chi connectivity index (χ3n) is 6.42. The molecule has 1 aliphatic heterocycles. The number of aliphatic hydroxyl groups is 1. The number of anilines is 4. The highest BCUT2D eigenvalue weighted by Crippen LogP contribution is 2.23. The summed E-state index contributed by atoms with van der Waals surface area (Å²) in [4.78, 5) is 41.9. The van der Waals surface area contributed by atoms with E-state index in [0.29, 0.717) is 30.5 Å². The first-order valence-corrected chi connectivity index (χ1v) is 13.4. The van der Waals surface area contributed by atoms with E-state index in [1.54, 1.807) is 23.2 Å². The smallest absolute Gasteiger partial charge is 0.410 e. The van der Waals surface area contributed by atoms with E-state index in [1.165, 1.54) is 0 Å². The van der Waals surface area contributed by atoms with Crippen LogP contribution in [0.2, 0.25) is 0 Å². The summed E-state index contributed by atoms with van der Waals surface area (Å²) in [5.74, 6) is 0.803. The first-order valence-electron chi connectivity index (χ1n) is 13.4. The molecule has 0 aliphatic carbocycles. The maximum Gasteiger partial charge on any atom is 0.410 e. The zero-order valence-electron chi connectivity index (χ0n) is 23.6. The summed E-state index contributed by atoms with van der Waals surface area (Å²) in [6, 6.07) is 10.6. The molecule has 1 saturated heterocycles. The fourth-order valence-corrected chi connectivity index (χ4v) is 4.14. The van der Waals surface area contributed by atoms with Crippen molar-refractivity contribution in [3.8, 4) is 0 Å². The van der Waals surface area contributed by atoms with Gasteiger partial charge in [0.2, 0.25) is 5.95 Å². The van der Waals surface area contributed by atoms with E-state index in [9.17, 15) is 14.7 Å². The third kappa shape index (κ3) is 7.69. The lowest BCUT2D eigenvalue weighted by Crippen LogP contribution is -2.50. The van der Waals surface area contributed by atoms with Gasteiger partial charge in [0.05, 0.1) is 12.6 Å². The van der Waals surface area contributed by atoms with Crippen LogP contribution in [-0.4, -0.2) is 81.5 Å². The molecule has 0 radical (unpaired) electrons. The molecule has 1 atom stereocenters. The van der Waals surface area contributed by atoms with Gasteiger partial charge in [0.1, 0.15) is 11.4 Å². The van der Waals surface area contributed by atoms with Crippen molar-refractivity contribution in [1.82, 2.24) is 25.2 Å². The quantitative estimate of drug-likeness (QED) is 0.343. The van der Waals surface area contributed by atoms with Gasteiger partial charge in [0.25, 0.3) is 0 Å². The molecule has 0 spiro atoms. The topological polar surface area (TPSA) is 145 Å². The van der Waals surface area contributed by atoms with Gasteiger partial charge in [-0.1, -0.05) is 13.8 Å². The predicted octanol–water partition coefficient (Wildman–Crippen LogP) is 3.96. The summed E-state index contributed by atoms with van der Waals surface area (Å²) in [5.41, 5.74) is 1.80. The van der Waals surface area contributed by atoms with Crippen molar-refractivity contribution in [3.63, 3.8) is 0 Å². The van der Waals surface area contributed by atoms with Crippen molar-refractivity contribution in [3.05, 3.63) is 42.6 Å². The van der Waals surface area contributed by atoms with Crippen LogP contribution in [0, 0.1) is 5.92 Å². The van der Waals surface area contributed by atoms with Gasteiger partial charge >= 0.3 is 12.1 Å². The summed E-state index contributed by atoms with van der Waals surface area (Å²) >= 11 is 0. The van der Waals surface area contributed by atoms with E-state index in [1.807, 2.05) is 58.9 Å². The maximum absolute atomic E-state index is 12.3. The Morgan fingerprint density at radius 3 is 2.35 bits per heavy atom. The fourth-order valence-electron chi connectivity index (χ4n) is 4.14. The first-order chi connectivity index (χ1) is 19.0. The highest BCUT2D eigenvalue weighted by atomic mass is 16.6. The summed E-state index contributed by atoms with van der Waals surface area (Å²) in [6.45, 7) is 11.9. The molecule has 0 unspecified atom stereocenters. The number of benzene rings is 1. The number of carbonyl (C=O) groups is 2. The summed E-state index contributed by atoms with van der Waals surface area (Å²) in [6.07, 6.45) is 1.39. The van der Waals surface area contributed by atoms with E-state index in [0.717, 1.165) is 29.9 Å². The minimum atomic E-state index is -0.504. The molecule has 40 heavy (non-hydrogen) atoms. The molecule has 1 fully saturated rings. The molecule has 3 amide bonds. The zero-order valence-corrected chi connectivity index (χ0v) is 23.6. The Hall–Kier alpha value is -4.19. The molecule has 3 aromatic rings. The van der Waals surface area contributed by atoms with Crippen molar-refractivity contribution in [2.24, 2.45) is 5.92 Å². The van der Waals surface area contributed by atoms with Gasteiger partial charge in [0.15, 0.2) is 5.65 Å². The number of nitrogens with one attached hydrogen (secondary N) is 3. The SMILES string of the molecule is CC(C)[C@H](CO)NC(=O)Nc1ccc2cnc(Nc3ccc(N4CCN(C(=O)OC(C)(C)C)CC4)cc3)nc2n1. The number of pyridine rings is 1. The Kier molecular flexibility index (Phi) is 8.88. The minimum absolute atomic E-state index is 0.0881. The van der Waals surface area contributed by atoms with Crippen LogP contribution in [0.4, 0.5) is 32.7 Å². The van der Waals surface area contributed by atoms with Crippen LogP contribution >= 0.6 is 0 Å². The lowest BCUT2D eigenvalue weighted by Gasteiger charge is -2.36. The highest BCUT2D eigenvalue weighted by molar-refractivity contribution is 5.90. The second kappa shape index (κ2) is 12.3. The molecule has 214 valence electrons. The average molecular weight is 551 g/mol. The lowest BCUT2D eigenvalue weighted by molar-refractivity contribution is 0.0240. The van der Waals surface area contributed by atoms with Gasteiger partial charge in [-0.05, 0) is 63.1 Å². The molecule has 2 aromatic heterocycles.